The first-order valence-corrected chi connectivity index (χ1v) is 10.2. The van der Waals surface area contributed by atoms with E-state index >= 15 is 0 Å². The number of methoxy groups -OCH3 is 1. The second kappa shape index (κ2) is 7.51. The molecule has 0 spiro atoms. The van der Waals surface area contributed by atoms with E-state index in [0.717, 1.165) is 37.4 Å². The van der Waals surface area contributed by atoms with E-state index in [1.165, 1.54) is 0 Å². The minimum absolute atomic E-state index is 0.198. The molecular formula is C21H17IN4O3. The Morgan fingerprint density at radius 3 is 2.86 bits per heavy atom. The lowest BCUT2D eigenvalue weighted by atomic mass is 10.1. The van der Waals surface area contributed by atoms with Crippen molar-refractivity contribution in [3.8, 4) is 17.4 Å². The molecule has 0 saturated carbocycles. The lowest BCUT2D eigenvalue weighted by Crippen LogP contribution is -2.21. The smallest absolute Gasteiger partial charge is 0.212 e. The van der Waals surface area contributed by atoms with Gasteiger partial charge in [0.15, 0.2) is 23.3 Å². The summed E-state index contributed by atoms with van der Waals surface area (Å²) in [4.78, 5) is 13.2. The van der Waals surface area contributed by atoms with Gasteiger partial charge in [-0.05, 0) is 52.4 Å². The highest BCUT2D eigenvalue weighted by atomic mass is 127. The fourth-order valence-electron chi connectivity index (χ4n) is 3.32. The van der Waals surface area contributed by atoms with Crippen LogP contribution < -0.4 is 14.2 Å². The number of hydrogen-bond donors (Lipinski definition) is 0. The number of imidazole rings is 1. The zero-order valence-electron chi connectivity index (χ0n) is 15.6. The van der Waals surface area contributed by atoms with Crippen LogP contribution in [0.3, 0.4) is 0 Å². The van der Waals surface area contributed by atoms with E-state index in [0.29, 0.717) is 19.0 Å². The molecule has 146 valence electrons. The molecule has 0 saturated heterocycles. The Labute approximate surface area is 180 Å². The van der Waals surface area contributed by atoms with Crippen LogP contribution in [0.2, 0.25) is 0 Å². The molecule has 1 aromatic carbocycles. The predicted octanol–water partition coefficient (Wildman–Crippen LogP) is 4.00. The van der Waals surface area contributed by atoms with Gasteiger partial charge in [-0.15, -0.1) is 0 Å². The van der Waals surface area contributed by atoms with E-state index in [-0.39, 0.29) is 6.10 Å². The minimum atomic E-state index is -0.198. The van der Waals surface area contributed by atoms with Crippen LogP contribution in [0.5, 0.6) is 17.4 Å². The van der Waals surface area contributed by atoms with Crippen molar-refractivity contribution >= 4 is 33.8 Å². The number of ether oxygens (including phenoxy) is 3. The summed E-state index contributed by atoms with van der Waals surface area (Å²) in [5.41, 5.74) is 3.81. The lowest BCUT2D eigenvalue weighted by Gasteiger charge is -2.27. The molecule has 0 fully saturated rings. The summed E-state index contributed by atoms with van der Waals surface area (Å²) >= 11 is 2.24. The molecule has 0 amide bonds. The first-order chi connectivity index (χ1) is 14.2. The highest BCUT2D eigenvalue weighted by Crippen LogP contribution is 2.37. The van der Waals surface area contributed by atoms with Gasteiger partial charge in [-0.2, -0.15) is 0 Å². The summed E-state index contributed by atoms with van der Waals surface area (Å²) in [7, 11) is 1.60. The van der Waals surface area contributed by atoms with Gasteiger partial charge in [0.05, 0.1) is 20.0 Å². The molecule has 0 bridgehead atoms. The number of hydrogen-bond acceptors (Lipinski definition) is 6. The van der Waals surface area contributed by atoms with Crippen LogP contribution in [0.1, 0.15) is 17.2 Å². The molecule has 5 rings (SSSR count). The van der Waals surface area contributed by atoms with Crippen molar-refractivity contribution in [3.63, 3.8) is 0 Å². The number of pyridine rings is 2. The van der Waals surface area contributed by atoms with Gasteiger partial charge in [-0.3, -0.25) is 0 Å². The molecule has 1 atom stereocenters. The van der Waals surface area contributed by atoms with Crippen molar-refractivity contribution < 1.29 is 14.2 Å². The minimum Gasteiger partial charge on any atom is -0.485 e. The van der Waals surface area contributed by atoms with E-state index in [1.807, 2.05) is 53.5 Å². The van der Waals surface area contributed by atoms with Gasteiger partial charge in [0.2, 0.25) is 5.88 Å². The zero-order chi connectivity index (χ0) is 19.8. The summed E-state index contributed by atoms with van der Waals surface area (Å²) in [5.74, 6) is 2.04. The number of fused-ring (bicyclic) bond motifs is 2. The second-order valence-electron chi connectivity index (χ2n) is 6.70. The first kappa shape index (κ1) is 18.2. The molecule has 1 unspecified atom stereocenters. The molecule has 0 N–H and O–H groups in total. The Morgan fingerprint density at radius 1 is 1.10 bits per heavy atom. The van der Waals surface area contributed by atoms with Crippen molar-refractivity contribution in [2.24, 2.45) is 0 Å². The Balaban J connectivity index is 1.35. The normalized spacial score (nSPS) is 15.4. The molecule has 4 heterocycles. The van der Waals surface area contributed by atoms with Crippen molar-refractivity contribution in [1.82, 2.24) is 19.5 Å². The van der Waals surface area contributed by atoms with Gasteiger partial charge >= 0.3 is 0 Å². The number of rotatable bonds is 4. The Bertz CT molecular complexity index is 1180. The first-order valence-electron chi connectivity index (χ1n) is 9.08. The SMILES string of the molecule is COc1ccc(C2COc3cc(Cn4cnc5cc(I)cnc54)ccc3O2)cn1. The van der Waals surface area contributed by atoms with Crippen molar-refractivity contribution in [2.75, 3.05) is 13.7 Å². The molecule has 29 heavy (non-hydrogen) atoms. The molecule has 8 heteroatoms. The molecule has 1 aliphatic heterocycles. The number of benzene rings is 1. The average Bonchev–Trinajstić information content (AvgIpc) is 3.15. The Morgan fingerprint density at radius 2 is 2.03 bits per heavy atom. The standard InChI is InChI=1S/C21H17IN4O3/c1-27-20-5-3-14(8-23-20)19-11-28-18-6-13(2-4-17(18)29-19)10-26-12-25-16-7-15(22)9-24-21(16)26/h2-9,12,19H,10-11H2,1H3. The van der Waals surface area contributed by atoms with E-state index in [9.17, 15) is 0 Å². The van der Waals surface area contributed by atoms with E-state index in [4.69, 9.17) is 14.2 Å². The predicted molar refractivity (Wildman–Crippen MR) is 115 cm³/mol. The van der Waals surface area contributed by atoms with Crippen LogP contribution >= 0.6 is 22.6 Å². The van der Waals surface area contributed by atoms with Crippen LogP contribution in [0.4, 0.5) is 0 Å². The van der Waals surface area contributed by atoms with Crippen LogP contribution in [-0.2, 0) is 6.54 Å². The molecule has 3 aromatic heterocycles. The summed E-state index contributed by atoms with van der Waals surface area (Å²) in [5, 5.41) is 0. The van der Waals surface area contributed by atoms with Gasteiger partial charge in [-0.1, -0.05) is 6.07 Å². The molecule has 7 nitrogen and oxygen atoms in total. The van der Waals surface area contributed by atoms with Crippen molar-refractivity contribution in [2.45, 2.75) is 12.6 Å². The maximum absolute atomic E-state index is 6.13. The van der Waals surface area contributed by atoms with Gasteiger partial charge in [0, 0.05) is 27.6 Å². The molecule has 1 aliphatic rings. The fourth-order valence-corrected chi connectivity index (χ4v) is 3.75. The monoisotopic (exact) mass is 500 g/mol. The summed E-state index contributed by atoms with van der Waals surface area (Å²) < 4.78 is 20.3. The number of nitrogens with zero attached hydrogens (tertiary/aromatic N) is 4. The third kappa shape index (κ3) is 3.59. The van der Waals surface area contributed by atoms with E-state index in [2.05, 4.69) is 37.5 Å². The number of aromatic nitrogens is 4. The highest BCUT2D eigenvalue weighted by molar-refractivity contribution is 14.1. The maximum Gasteiger partial charge on any atom is 0.212 e. The van der Waals surface area contributed by atoms with Crippen LogP contribution in [-0.4, -0.2) is 33.2 Å². The van der Waals surface area contributed by atoms with Gasteiger partial charge in [0.25, 0.3) is 0 Å². The average molecular weight is 500 g/mol. The molecule has 0 radical (unpaired) electrons. The third-order valence-corrected chi connectivity index (χ3v) is 5.37. The summed E-state index contributed by atoms with van der Waals surface area (Å²) in [6, 6.07) is 11.8. The Hall–Kier alpha value is -2.88. The quantitative estimate of drug-likeness (QED) is 0.395. The van der Waals surface area contributed by atoms with Crippen molar-refractivity contribution in [3.05, 3.63) is 69.8 Å². The summed E-state index contributed by atoms with van der Waals surface area (Å²) in [6.07, 6.45) is 5.22. The van der Waals surface area contributed by atoms with Gasteiger partial charge in [-0.25, -0.2) is 15.0 Å². The lowest BCUT2D eigenvalue weighted by molar-refractivity contribution is 0.0908. The zero-order valence-corrected chi connectivity index (χ0v) is 17.7. The fraction of sp³-hybridized carbons (Fsp3) is 0.190. The molecule has 0 aliphatic carbocycles. The summed E-state index contributed by atoms with van der Waals surface area (Å²) in [6.45, 7) is 1.09. The highest BCUT2D eigenvalue weighted by Gasteiger charge is 2.23. The van der Waals surface area contributed by atoms with Crippen LogP contribution in [0, 0.1) is 3.57 Å². The van der Waals surface area contributed by atoms with Gasteiger partial charge in [0.1, 0.15) is 12.1 Å². The van der Waals surface area contributed by atoms with Crippen molar-refractivity contribution in [1.29, 1.82) is 0 Å². The molecule has 4 aromatic rings. The number of halogens is 1. The van der Waals surface area contributed by atoms with Crippen LogP contribution in [0.15, 0.2) is 55.1 Å². The van der Waals surface area contributed by atoms with Crippen LogP contribution in [0.25, 0.3) is 11.2 Å². The topological polar surface area (TPSA) is 71.3 Å². The van der Waals surface area contributed by atoms with Gasteiger partial charge < -0.3 is 18.8 Å². The Kier molecular flexibility index (Phi) is 4.70. The molecular weight excluding hydrogens is 483 g/mol. The van der Waals surface area contributed by atoms with E-state index < -0.39 is 0 Å². The second-order valence-corrected chi connectivity index (χ2v) is 7.95. The maximum atomic E-state index is 6.13. The largest absolute Gasteiger partial charge is 0.485 e. The van der Waals surface area contributed by atoms with E-state index in [1.54, 1.807) is 13.3 Å². The third-order valence-electron chi connectivity index (χ3n) is 4.78.